The highest BCUT2D eigenvalue weighted by Crippen LogP contribution is 2.28. The van der Waals surface area contributed by atoms with E-state index in [1.807, 2.05) is 17.7 Å². The molecule has 0 radical (unpaired) electrons. The summed E-state index contributed by atoms with van der Waals surface area (Å²) in [5.41, 5.74) is 1.36. The van der Waals surface area contributed by atoms with Gasteiger partial charge < -0.3 is 8.98 Å². The molecule has 0 N–H and O–H groups in total. The van der Waals surface area contributed by atoms with Crippen LogP contribution in [0.5, 0.6) is 0 Å². The van der Waals surface area contributed by atoms with Gasteiger partial charge in [-0.3, -0.25) is 4.90 Å². The van der Waals surface area contributed by atoms with E-state index in [2.05, 4.69) is 51.8 Å². The molecule has 0 bridgehead atoms. The Morgan fingerprint density at radius 1 is 1.33 bits per heavy atom. The predicted molar refractivity (Wildman–Crippen MR) is 97.2 cm³/mol. The van der Waals surface area contributed by atoms with Crippen molar-refractivity contribution >= 4 is 23.1 Å². The summed E-state index contributed by atoms with van der Waals surface area (Å²) >= 11 is 3.24. The molecular weight excluding hydrogens is 340 g/mol. The van der Waals surface area contributed by atoms with Crippen molar-refractivity contribution in [3.63, 3.8) is 0 Å². The van der Waals surface area contributed by atoms with Crippen molar-refractivity contribution < 1.29 is 4.42 Å². The van der Waals surface area contributed by atoms with E-state index in [4.69, 9.17) is 4.42 Å². The van der Waals surface area contributed by atoms with E-state index in [0.29, 0.717) is 6.04 Å². The Morgan fingerprint density at radius 3 is 2.88 bits per heavy atom. The first-order valence-electron chi connectivity index (χ1n) is 8.01. The van der Waals surface area contributed by atoms with E-state index in [-0.39, 0.29) is 0 Å². The summed E-state index contributed by atoms with van der Waals surface area (Å²) in [6, 6.07) is 6.76. The summed E-state index contributed by atoms with van der Waals surface area (Å²) in [5, 5.41) is 14.0. The standard InChI is InChI=1S/C17H22N4OS2/c1-4-13(2)21(9-14-7-8-23-11-14)10-15-5-6-16(22-15)24-17-19-18-12-20(17)3/h5-8,11-13H,4,9-10H2,1-3H3/t13-/m0/s1. The molecule has 0 spiro atoms. The Hall–Kier alpha value is -1.57. The topological polar surface area (TPSA) is 47.1 Å². The molecule has 3 aromatic heterocycles. The van der Waals surface area contributed by atoms with Crippen LogP contribution in [-0.2, 0) is 20.1 Å². The molecule has 0 saturated heterocycles. The number of furan rings is 1. The van der Waals surface area contributed by atoms with Gasteiger partial charge in [-0.2, -0.15) is 11.3 Å². The predicted octanol–water partition coefficient (Wildman–Crippen LogP) is 4.42. The van der Waals surface area contributed by atoms with E-state index in [1.165, 1.54) is 17.3 Å². The second-order valence-corrected chi connectivity index (χ2v) is 7.59. The molecule has 0 aliphatic carbocycles. The van der Waals surface area contributed by atoms with Crippen molar-refractivity contribution in [3.05, 3.63) is 46.6 Å². The summed E-state index contributed by atoms with van der Waals surface area (Å²) in [5.74, 6) is 0.982. The summed E-state index contributed by atoms with van der Waals surface area (Å²) in [7, 11) is 1.93. The van der Waals surface area contributed by atoms with E-state index < -0.39 is 0 Å². The smallest absolute Gasteiger partial charge is 0.198 e. The zero-order valence-corrected chi connectivity index (χ0v) is 15.8. The molecule has 0 fully saturated rings. The molecule has 0 aliphatic heterocycles. The van der Waals surface area contributed by atoms with Crippen molar-refractivity contribution in [3.8, 4) is 0 Å². The lowest BCUT2D eigenvalue weighted by Gasteiger charge is -2.27. The van der Waals surface area contributed by atoms with E-state index >= 15 is 0 Å². The molecule has 0 amide bonds. The maximum Gasteiger partial charge on any atom is 0.198 e. The number of hydrogen-bond acceptors (Lipinski definition) is 6. The van der Waals surface area contributed by atoms with E-state index in [0.717, 1.165) is 35.5 Å². The van der Waals surface area contributed by atoms with Crippen molar-refractivity contribution in [1.82, 2.24) is 19.7 Å². The molecule has 3 rings (SSSR count). The quantitative estimate of drug-likeness (QED) is 0.593. The Kier molecular flexibility index (Phi) is 5.76. The average Bonchev–Trinajstić information content (AvgIpc) is 3.31. The number of aryl methyl sites for hydroxylation is 1. The van der Waals surface area contributed by atoms with Crippen LogP contribution in [0.1, 0.15) is 31.6 Å². The largest absolute Gasteiger partial charge is 0.453 e. The lowest BCUT2D eigenvalue weighted by atomic mass is 10.2. The van der Waals surface area contributed by atoms with Crippen LogP contribution in [0.2, 0.25) is 0 Å². The number of hydrogen-bond donors (Lipinski definition) is 0. The first-order chi connectivity index (χ1) is 11.7. The zero-order valence-electron chi connectivity index (χ0n) is 14.2. The fraction of sp³-hybridized carbons (Fsp3) is 0.412. The molecule has 0 aromatic carbocycles. The molecule has 0 aliphatic rings. The van der Waals surface area contributed by atoms with Crippen LogP contribution in [0.15, 0.2) is 50.0 Å². The zero-order chi connectivity index (χ0) is 16.9. The molecule has 0 saturated carbocycles. The third-order valence-electron chi connectivity index (χ3n) is 4.04. The summed E-state index contributed by atoms with van der Waals surface area (Å²) < 4.78 is 7.88. The molecule has 5 nitrogen and oxygen atoms in total. The van der Waals surface area contributed by atoms with Crippen LogP contribution < -0.4 is 0 Å². The minimum Gasteiger partial charge on any atom is -0.453 e. The molecule has 3 aromatic rings. The van der Waals surface area contributed by atoms with Crippen LogP contribution in [0.3, 0.4) is 0 Å². The van der Waals surface area contributed by atoms with E-state index in [1.54, 1.807) is 17.7 Å². The highest BCUT2D eigenvalue weighted by atomic mass is 32.2. The molecule has 128 valence electrons. The van der Waals surface area contributed by atoms with Crippen molar-refractivity contribution in [2.24, 2.45) is 7.05 Å². The second kappa shape index (κ2) is 8.00. The van der Waals surface area contributed by atoms with Gasteiger partial charge in [0.25, 0.3) is 0 Å². The highest BCUT2D eigenvalue weighted by molar-refractivity contribution is 7.99. The minimum absolute atomic E-state index is 0.504. The Morgan fingerprint density at radius 2 is 2.21 bits per heavy atom. The van der Waals surface area contributed by atoms with Gasteiger partial charge in [-0.05, 0) is 59.6 Å². The van der Waals surface area contributed by atoms with Gasteiger partial charge in [0, 0.05) is 19.6 Å². The molecule has 3 heterocycles. The van der Waals surface area contributed by atoms with Gasteiger partial charge in [0.15, 0.2) is 10.2 Å². The summed E-state index contributed by atoms with van der Waals surface area (Å²) in [6.07, 6.45) is 2.81. The van der Waals surface area contributed by atoms with Gasteiger partial charge in [-0.15, -0.1) is 10.2 Å². The van der Waals surface area contributed by atoms with Crippen LogP contribution >= 0.6 is 23.1 Å². The Balaban J connectivity index is 1.67. The Labute approximate surface area is 150 Å². The molecule has 7 heteroatoms. The third kappa shape index (κ3) is 4.28. The van der Waals surface area contributed by atoms with Crippen molar-refractivity contribution in [2.45, 2.75) is 49.6 Å². The molecular formula is C17H22N4OS2. The lowest BCUT2D eigenvalue weighted by Crippen LogP contribution is -2.31. The highest BCUT2D eigenvalue weighted by Gasteiger charge is 2.16. The SMILES string of the molecule is CC[C@H](C)N(Cc1ccsc1)Cc1ccc(Sc2nncn2C)o1. The fourth-order valence-electron chi connectivity index (χ4n) is 2.40. The normalized spacial score (nSPS) is 12.8. The first-order valence-corrected chi connectivity index (χ1v) is 9.77. The number of rotatable bonds is 8. The fourth-order valence-corrected chi connectivity index (χ4v) is 3.80. The number of thiophene rings is 1. The maximum absolute atomic E-state index is 6.00. The minimum atomic E-state index is 0.504. The third-order valence-corrected chi connectivity index (χ3v) is 5.74. The van der Waals surface area contributed by atoms with Crippen LogP contribution in [-0.4, -0.2) is 25.7 Å². The van der Waals surface area contributed by atoms with Crippen molar-refractivity contribution in [1.29, 1.82) is 0 Å². The van der Waals surface area contributed by atoms with Gasteiger partial charge in [0.2, 0.25) is 0 Å². The Bertz CT molecular complexity index is 750. The number of nitrogens with zero attached hydrogens (tertiary/aromatic N) is 4. The molecule has 1 atom stereocenters. The van der Waals surface area contributed by atoms with Gasteiger partial charge in [-0.25, -0.2) is 0 Å². The maximum atomic E-state index is 6.00. The van der Waals surface area contributed by atoms with Crippen LogP contribution in [0.4, 0.5) is 0 Å². The van der Waals surface area contributed by atoms with Crippen LogP contribution in [0, 0.1) is 0 Å². The van der Waals surface area contributed by atoms with Gasteiger partial charge >= 0.3 is 0 Å². The van der Waals surface area contributed by atoms with Gasteiger partial charge in [-0.1, -0.05) is 6.92 Å². The summed E-state index contributed by atoms with van der Waals surface area (Å²) in [4.78, 5) is 2.46. The van der Waals surface area contributed by atoms with Gasteiger partial charge in [0.05, 0.1) is 6.54 Å². The van der Waals surface area contributed by atoms with Gasteiger partial charge in [0.1, 0.15) is 12.1 Å². The number of aromatic nitrogens is 3. The second-order valence-electron chi connectivity index (χ2n) is 5.84. The monoisotopic (exact) mass is 362 g/mol. The summed E-state index contributed by atoms with van der Waals surface area (Å²) in [6.45, 7) is 6.25. The molecule has 0 unspecified atom stereocenters. The lowest BCUT2D eigenvalue weighted by molar-refractivity contribution is 0.169. The molecule has 24 heavy (non-hydrogen) atoms. The van der Waals surface area contributed by atoms with Crippen LogP contribution in [0.25, 0.3) is 0 Å². The van der Waals surface area contributed by atoms with Crippen molar-refractivity contribution in [2.75, 3.05) is 0 Å². The first kappa shape index (κ1) is 17.3. The van der Waals surface area contributed by atoms with E-state index in [9.17, 15) is 0 Å². The average molecular weight is 363 g/mol.